The van der Waals surface area contributed by atoms with Crippen molar-refractivity contribution in [2.75, 3.05) is 12.3 Å². The van der Waals surface area contributed by atoms with Crippen molar-refractivity contribution in [3.63, 3.8) is 0 Å². The highest BCUT2D eigenvalue weighted by molar-refractivity contribution is 7.80. The molecule has 0 aliphatic carbocycles. The fourth-order valence-electron chi connectivity index (χ4n) is 5.80. The Morgan fingerprint density at radius 2 is 0.811 bits per heavy atom. The van der Waals surface area contributed by atoms with E-state index in [0.717, 1.165) is 38.5 Å². The Bertz CT molecular complexity index is 522. The van der Waals surface area contributed by atoms with Crippen LogP contribution in [0.1, 0.15) is 189 Å². The minimum Gasteiger partial charge on any atom is -0.316 e. The fraction of sp³-hybridized carbons (Fsp3) is 0.971. The predicted octanol–water partition coefficient (Wildman–Crippen LogP) is 12.6. The molecule has 37 heavy (non-hydrogen) atoms. The lowest BCUT2D eigenvalue weighted by molar-refractivity contribution is -0.112. The summed E-state index contributed by atoms with van der Waals surface area (Å²) in [5.41, 5.74) is 0.145. The van der Waals surface area contributed by atoms with E-state index in [0.29, 0.717) is 30.6 Å². The van der Waals surface area contributed by atoms with Gasteiger partial charge in [-0.05, 0) is 18.3 Å². The van der Waals surface area contributed by atoms with Gasteiger partial charge < -0.3 is 4.57 Å². The van der Waals surface area contributed by atoms with E-state index in [2.05, 4.69) is 34.6 Å². The van der Waals surface area contributed by atoms with Crippen LogP contribution in [0.15, 0.2) is 0 Å². The quantitative estimate of drug-likeness (QED) is 0.0698. The highest BCUT2D eigenvalue weighted by atomic mass is 31.2. The molecular weight excluding hydrogens is 471 g/mol. The van der Waals surface area contributed by atoms with Crippen LogP contribution < -0.4 is 0 Å². The molecule has 0 spiro atoms. The molecule has 2 nitrogen and oxygen atoms in total. The molecule has 0 amide bonds. The maximum absolute atomic E-state index is 14.2. The molecule has 0 aromatic heterocycles. The molecule has 0 aliphatic heterocycles. The van der Waals surface area contributed by atoms with Crippen LogP contribution in [0.3, 0.4) is 0 Å². The van der Waals surface area contributed by atoms with Crippen LogP contribution in [0.25, 0.3) is 0 Å². The van der Waals surface area contributed by atoms with Gasteiger partial charge in [0.1, 0.15) is 0 Å². The molecule has 0 fully saturated rings. The molecule has 0 rings (SSSR count). The average molecular weight is 541 g/mol. The second kappa shape index (κ2) is 26.1. The number of carbonyl (C=O) groups is 1. The molecule has 3 heteroatoms. The van der Waals surface area contributed by atoms with Gasteiger partial charge in [0.25, 0.3) is 0 Å². The molecule has 2 atom stereocenters. The van der Waals surface area contributed by atoms with E-state index >= 15 is 0 Å². The lowest BCUT2D eigenvalue weighted by Crippen LogP contribution is -2.18. The summed E-state index contributed by atoms with van der Waals surface area (Å²) in [5, 5.41) is 0. The lowest BCUT2D eigenvalue weighted by Gasteiger charge is -2.26. The zero-order valence-corrected chi connectivity index (χ0v) is 27.2. The Morgan fingerprint density at radius 1 is 0.486 bits per heavy atom. The molecule has 0 heterocycles. The summed E-state index contributed by atoms with van der Waals surface area (Å²) >= 11 is 0. The highest BCUT2D eigenvalue weighted by Gasteiger charge is 2.35. The largest absolute Gasteiger partial charge is 0.316 e. The van der Waals surface area contributed by atoms with Crippen molar-refractivity contribution in [3.8, 4) is 0 Å². The van der Waals surface area contributed by atoms with Crippen molar-refractivity contribution in [1.82, 2.24) is 0 Å². The first-order chi connectivity index (χ1) is 18.0. The van der Waals surface area contributed by atoms with E-state index in [9.17, 15) is 9.36 Å². The second-order valence-corrected chi connectivity index (χ2v) is 15.2. The van der Waals surface area contributed by atoms with Crippen LogP contribution >= 0.6 is 7.14 Å². The molecule has 0 aromatic rings. The zero-order valence-electron chi connectivity index (χ0n) is 26.3. The Labute approximate surface area is 234 Å². The van der Waals surface area contributed by atoms with Crippen molar-refractivity contribution in [2.45, 2.75) is 189 Å². The Kier molecular flexibility index (Phi) is 26.1. The van der Waals surface area contributed by atoms with E-state index in [1.807, 2.05) is 0 Å². The van der Waals surface area contributed by atoms with Crippen molar-refractivity contribution in [1.29, 1.82) is 0 Å². The molecule has 0 saturated carbocycles. The van der Waals surface area contributed by atoms with Gasteiger partial charge >= 0.3 is 0 Å². The van der Waals surface area contributed by atoms with Gasteiger partial charge in [0.05, 0.1) is 0 Å². The third-order valence-corrected chi connectivity index (χ3v) is 12.0. The fourth-order valence-corrected chi connectivity index (χ4v) is 9.47. The molecule has 2 unspecified atom stereocenters. The first-order valence-corrected chi connectivity index (χ1v) is 19.2. The van der Waals surface area contributed by atoms with Gasteiger partial charge in [0, 0.05) is 18.7 Å². The van der Waals surface area contributed by atoms with Gasteiger partial charge in [-0.15, -0.1) is 0 Å². The van der Waals surface area contributed by atoms with Gasteiger partial charge in [0.2, 0.25) is 0 Å². The summed E-state index contributed by atoms with van der Waals surface area (Å²) in [6, 6.07) is 0. The maximum Gasteiger partial charge on any atom is 0.191 e. The van der Waals surface area contributed by atoms with E-state index in [1.54, 1.807) is 0 Å². The summed E-state index contributed by atoms with van der Waals surface area (Å²) in [6.07, 6.45) is 31.1. The van der Waals surface area contributed by atoms with Crippen molar-refractivity contribution in [2.24, 2.45) is 11.8 Å². The van der Waals surface area contributed by atoms with Crippen LogP contribution in [0, 0.1) is 11.8 Å². The summed E-state index contributed by atoms with van der Waals surface area (Å²) < 4.78 is 14.2. The van der Waals surface area contributed by atoms with Crippen molar-refractivity contribution in [3.05, 3.63) is 0 Å². The first-order valence-electron chi connectivity index (χ1n) is 17.1. The number of unbranched alkanes of at least 4 members (excludes halogenated alkanes) is 16. The highest BCUT2D eigenvalue weighted by Crippen LogP contribution is 2.53. The molecule has 0 radical (unpaired) electrons. The minimum atomic E-state index is -2.76. The Hall–Kier alpha value is -0.100. The summed E-state index contributed by atoms with van der Waals surface area (Å²) in [4.78, 5) is 13.4. The standard InChI is InChI=1S/C34H69O2P/c1-6-11-14-15-16-17-18-19-20-21-22-23-24-25-26-29-34(35)37(36,30-32(9-4)27-12-7-2)31-33(10-5)28-13-8-3/h32-33H,6-31H2,1-5H3. The predicted molar refractivity (Wildman–Crippen MR) is 169 cm³/mol. The van der Waals surface area contributed by atoms with Gasteiger partial charge in [-0.25, -0.2) is 0 Å². The third-order valence-electron chi connectivity index (χ3n) is 8.64. The number of hydrogen-bond donors (Lipinski definition) is 0. The smallest absolute Gasteiger partial charge is 0.191 e. The monoisotopic (exact) mass is 541 g/mol. The molecule has 0 saturated heterocycles. The number of hydrogen-bond acceptors (Lipinski definition) is 2. The zero-order chi connectivity index (χ0) is 27.6. The van der Waals surface area contributed by atoms with E-state index < -0.39 is 7.14 Å². The van der Waals surface area contributed by atoms with Crippen LogP contribution in [0.5, 0.6) is 0 Å². The average Bonchev–Trinajstić information content (AvgIpc) is 2.90. The van der Waals surface area contributed by atoms with Crippen LogP contribution in [0.4, 0.5) is 0 Å². The van der Waals surface area contributed by atoms with E-state index in [-0.39, 0.29) is 5.52 Å². The molecule has 0 aliphatic rings. The minimum absolute atomic E-state index is 0.145. The first kappa shape index (κ1) is 36.9. The van der Waals surface area contributed by atoms with Gasteiger partial charge in [0.15, 0.2) is 12.7 Å². The van der Waals surface area contributed by atoms with E-state index in [4.69, 9.17) is 0 Å². The molecule has 0 aromatic carbocycles. The molecular formula is C34H69O2P. The number of carbonyl (C=O) groups excluding carboxylic acids is 1. The van der Waals surface area contributed by atoms with Gasteiger partial charge in [-0.2, -0.15) is 0 Å². The van der Waals surface area contributed by atoms with Crippen molar-refractivity contribution >= 4 is 12.7 Å². The Balaban J connectivity index is 4.31. The SMILES string of the molecule is CCCCCCCCCCCCCCCCCC(=O)P(=O)(CC(CC)CCCC)CC(CC)CCCC. The third kappa shape index (κ3) is 20.5. The van der Waals surface area contributed by atoms with E-state index in [1.165, 1.54) is 109 Å². The van der Waals surface area contributed by atoms with Crippen LogP contribution in [0.2, 0.25) is 0 Å². The Morgan fingerprint density at radius 3 is 1.14 bits per heavy atom. The van der Waals surface area contributed by atoms with Crippen LogP contribution in [-0.2, 0) is 9.36 Å². The molecule has 0 bridgehead atoms. The number of rotatable bonds is 29. The summed E-state index contributed by atoms with van der Waals surface area (Å²) in [7, 11) is -2.76. The lowest BCUT2D eigenvalue weighted by atomic mass is 10.0. The maximum atomic E-state index is 14.2. The summed E-state index contributed by atoms with van der Waals surface area (Å²) in [5.74, 6) is 0.916. The normalized spacial score (nSPS) is 14.9. The second-order valence-electron chi connectivity index (χ2n) is 12.2. The van der Waals surface area contributed by atoms with Gasteiger partial charge in [-0.1, -0.05) is 176 Å². The molecule has 222 valence electrons. The van der Waals surface area contributed by atoms with Crippen molar-refractivity contribution < 1.29 is 9.36 Å². The van der Waals surface area contributed by atoms with Crippen LogP contribution in [-0.4, -0.2) is 17.8 Å². The molecule has 0 N–H and O–H groups in total. The van der Waals surface area contributed by atoms with Gasteiger partial charge in [-0.3, -0.25) is 4.79 Å². The topological polar surface area (TPSA) is 34.1 Å². The summed E-state index contributed by atoms with van der Waals surface area (Å²) in [6.45, 7) is 11.2.